The second-order valence-corrected chi connectivity index (χ2v) is 8.47. The fraction of sp³-hybridized carbons (Fsp3) is 0.500. The number of aromatic nitrogens is 2. The van der Waals surface area contributed by atoms with Crippen LogP contribution in [0.5, 0.6) is 5.75 Å². The van der Waals surface area contributed by atoms with E-state index in [1.807, 2.05) is 19.9 Å². The van der Waals surface area contributed by atoms with Gasteiger partial charge in [0.2, 0.25) is 0 Å². The summed E-state index contributed by atoms with van der Waals surface area (Å²) in [5, 5.41) is 0.0759. The van der Waals surface area contributed by atoms with Crippen LogP contribution in [0.2, 0.25) is 0 Å². The van der Waals surface area contributed by atoms with Gasteiger partial charge in [0.15, 0.2) is 5.03 Å². The first-order chi connectivity index (χ1) is 11.9. The minimum Gasteiger partial charge on any atom is -0.497 e. The van der Waals surface area contributed by atoms with Crippen LogP contribution in [0.3, 0.4) is 0 Å². The monoisotopic (exact) mass is 363 g/mol. The van der Waals surface area contributed by atoms with Gasteiger partial charge in [-0.3, -0.25) is 0 Å². The second kappa shape index (κ2) is 7.17. The van der Waals surface area contributed by atoms with Gasteiger partial charge in [0.05, 0.1) is 13.4 Å². The molecule has 1 aromatic carbocycles. The van der Waals surface area contributed by atoms with Crippen molar-refractivity contribution < 1.29 is 13.2 Å². The number of nitrogens with zero attached hydrogens (tertiary/aromatic N) is 2. The van der Waals surface area contributed by atoms with Gasteiger partial charge in [0.25, 0.3) is 10.0 Å². The number of methoxy groups -OCH3 is 1. The van der Waals surface area contributed by atoms with Crippen molar-refractivity contribution in [2.45, 2.75) is 50.1 Å². The van der Waals surface area contributed by atoms with Gasteiger partial charge in [-0.1, -0.05) is 6.07 Å². The van der Waals surface area contributed by atoms with E-state index >= 15 is 0 Å². The van der Waals surface area contributed by atoms with E-state index in [4.69, 9.17) is 4.74 Å². The van der Waals surface area contributed by atoms with E-state index in [1.54, 1.807) is 24.2 Å². The Labute approximate surface area is 149 Å². The highest BCUT2D eigenvalue weighted by Crippen LogP contribution is 2.33. The molecule has 6 nitrogen and oxygen atoms in total. The maximum Gasteiger partial charge on any atom is 0.259 e. The fourth-order valence-corrected chi connectivity index (χ4v) is 4.27. The predicted molar refractivity (Wildman–Crippen MR) is 96.5 cm³/mol. The molecule has 0 bridgehead atoms. The van der Waals surface area contributed by atoms with E-state index in [9.17, 15) is 8.42 Å². The van der Waals surface area contributed by atoms with E-state index < -0.39 is 10.0 Å². The quantitative estimate of drug-likeness (QED) is 0.856. The number of benzene rings is 1. The number of ether oxygens (including phenoxy) is 1. The maximum atomic E-state index is 12.5. The van der Waals surface area contributed by atoms with Crippen LogP contribution in [0.15, 0.2) is 35.7 Å². The van der Waals surface area contributed by atoms with E-state index in [1.165, 1.54) is 11.1 Å². The zero-order chi connectivity index (χ0) is 18.0. The molecule has 1 aromatic heterocycles. The van der Waals surface area contributed by atoms with Crippen LogP contribution in [0.25, 0.3) is 0 Å². The highest BCUT2D eigenvalue weighted by molar-refractivity contribution is 7.89. The molecule has 136 valence electrons. The molecule has 1 aliphatic carbocycles. The lowest BCUT2D eigenvalue weighted by Crippen LogP contribution is -2.30. The molecule has 3 rings (SSSR count). The summed E-state index contributed by atoms with van der Waals surface area (Å²) in [7, 11) is -1.94. The minimum atomic E-state index is -3.59. The summed E-state index contributed by atoms with van der Waals surface area (Å²) < 4.78 is 34.8. The molecule has 25 heavy (non-hydrogen) atoms. The van der Waals surface area contributed by atoms with Crippen LogP contribution >= 0.6 is 0 Å². The smallest absolute Gasteiger partial charge is 0.259 e. The zero-order valence-electron chi connectivity index (χ0n) is 14.9. The van der Waals surface area contributed by atoms with Crippen molar-refractivity contribution in [2.24, 2.45) is 0 Å². The Morgan fingerprint density at radius 1 is 1.40 bits per heavy atom. The summed E-state index contributed by atoms with van der Waals surface area (Å²) in [6, 6.07) is 6.23. The van der Waals surface area contributed by atoms with Crippen LogP contribution in [-0.2, 0) is 16.4 Å². The maximum absolute atomic E-state index is 12.5. The Kier molecular flexibility index (Phi) is 5.15. The standard InChI is InChI=1S/C18H25N3O3S/c1-13(2)21-11-18(19-12-21)25(22,23)20-10-15-6-4-5-14-9-16(24-3)7-8-17(14)15/h7-9,11-13,15,20H,4-6,10H2,1-3H3. The van der Waals surface area contributed by atoms with Gasteiger partial charge in [-0.05, 0) is 62.3 Å². The molecule has 1 unspecified atom stereocenters. The summed E-state index contributed by atoms with van der Waals surface area (Å²) in [5.41, 5.74) is 2.46. The van der Waals surface area contributed by atoms with E-state index in [0.29, 0.717) is 6.54 Å². The highest BCUT2D eigenvalue weighted by atomic mass is 32.2. The first kappa shape index (κ1) is 17.9. The summed E-state index contributed by atoms with van der Waals surface area (Å²) in [4.78, 5) is 4.04. The average molecular weight is 363 g/mol. The van der Waals surface area contributed by atoms with Crippen LogP contribution in [0.4, 0.5) is 0 Å². The molecule has 0 radical (unpaired) electrons. The molecular weight excluding hydrogens is 338 g/mol. The Hall–Kier alpha value is -1.86. The molecule has 7 heteroatoms. The molecule has 1 heterocycles. The highest BCUT2D eigenvalue weighted by Gasteiger charge is 2.24. The van der Waals surface area contributed by atoms with Gasteiger partial charge >= 0.3 is 0 Å². The van der Waals surface area contributed by atoms with Crippen molar-refractivity contribution in [2.75, 3.05) is 13.7 Å². The lowest BCUT2D eigenvalue weighted by Gasteiger charge is -2.26. The average Bonchev–Trinajstić information content (AvgIpc) is 3.10. The van der Waals surface area contributed by atoms with E-state index in [2.05, 4.69) is 21.8 Å². The number of hydrogen-bond acceptors (Lipinski definition) is 4. The third-order valence-electron chi connectivity index (χ3n) is 4.76. The molecule has 1 aliphatic rings. The number of hydrogen-bond donors (Lipinski definition) is 1. The molecule has 0 saturated carbocycles. The molecule has 2 aromatic rings. The summed E-state index contributed by atoms with van der Waals surface area (Å²) >= 11 is 0. The van der Waals surface area contributed by atoms with Crippen LogP contribution < -0.4 is 9.46 Å². The normalized spacial score (nSPS) is 17.5. The number of fused-ring (bicyclic) bond motifs is 1. The summed E-state index contributed by atoms with van der Waals surface area (Å²) in [6.45, 7) is 4.35. The summed E-state index contributed by atoms with van der Waals surface area (Å²) in [5.74, 6) is 1.02. The molecular formula is C18H25N3O3S. The number of sulfonamides is 1. The third-order valence-corrected chi connectivity index (χ3v) is 6.07. The first-order valence-electron chi connectivity index (χ1n) is 8.60. The summed E-state index contributed by atoms with van der Waals surface area (Å²) in [6.07, 6.45) is 6.17. The first-order valence-corrected chi connectivity index (χ1v) is 10.1. The molecule has 1 atom stereocenters. The largest absolute Gasteiger partial charge is 0.497 e. The molecule has 0 aliphatic heterocycles. The minimum absolute atomic E-state index is 0.0759. The topological polar surface area (TPSA) is 73.2 Å². The van der Waals surface area contributed by atoms with Gasteiger partial charge in [-0.15, -0.1) is 0 Å². The van der Waals surface area contributed by atoms with E-state index in [0.717, 1.165) is 25.0 Å². The Balaban J connectivity index is 1.73. The van der Waals surface area contributed by atoms with Gasteiger partial charge in [-0.2, -0.15) is 0 Å². The Morgan fingerprint density at radius 2 is 2.20 bits per heavy atom. The van der Waals surface area contributed by atoms with Crippen LogP contribution in [0.1, 0.15) is 49.8 Å². The van der Waals surface area contributed by atoms with Gasteiger partial charge in [-0.25, -0.2) is 18.1 Å². The van der Waals surface area contributed by atoms with Crippen molar-refractivity contribution in [3.05, 3.63) is 41.9 Å². The van der Waals surface area contributed by atoms with Crippen molar-refractivity contribution in [3.8, 4) is 5.75 Å². The molecule has 0 amide bonds. The van der Waals surface area contributed by atoms with Crippen molar-refractivity contribution in [3.63, 3.8) is 0 Å². The SMILES string of the molecule is COc1ccc2c(c1)CCCC2CNS(=O)(=O)c1cn(C(C)C)cn1. The van der Waals surface area contributed by atoms with Gasteiger partial charge in [0, 0.05) is 18.8 Å². The molecule has 1 N–H and O–H groups in total. The number of rotatable bonds is 6. The van der Waals surface area contributed by atoms with Gasteiger partial charge in [0.1, 0.15) is 5.75 Å². The van der Waals surface area contributed by atoms with E-state index in [-0.39, 0.29) is 17.0 Å². The van der Waals surface area contributed by atoms with Crippen LogP contribution in [-0.4, -0.2) is 31.6 Å². The molecule has 0 fully saturated rings. The fourth-order valence-electron chi connectivity index (χ4n) is 3.25. The Morgan fingerprint density at radius 3 is 2.88 bits per heavy atom. The number of imidazole rings is 1. The van der Waals surface area contributed by atoms with Gasteiger partial charge < -0.3 is 9.30 Å². The zero-order valence-corrected chi connectivity index (χ0v) is 15.7. The van der Waals surface area contributed by atoms with Crippen molar-refractivity contribution in [1.82, 2.24) is 14.3 Å². The lowest BCUT2D eigenvalue weighted by atomic mass is 9.83. The lowest BCUT2D eigenvalue weighted by molar-refractivity contribution is 0.412. The Bertz CT molecular complexity index is 843. The third kappa shape index (κ3) is 3.88. The molecule has 0 spiro atoms. The molecule has 0 saturated heterocycles. The van der Waals surface area contributed by atoms with Crippen molar-refractivity contribution in [1.29, 1.82) is 0 Å². The number of nitrogens with one attached hydrogen (secondary N) is 1. The number of aryl methyl sites for hydroxylation is 1. The predicted octanol–water partition coefficient (Wildman–Crippen LogP) is 2.87. The van der Waals surface area contributed by atoms with Crippen molar-refractivity contribution >= 4 is 10.0 Å². The second-order valence-electron chi connectivity index (χ2n) is 6.76. The van der Waals surface area contributed by atoms with Crippen LogP contribution in [0, 0.1) is 0 Å².